The zero-order chi connectivity index (χ0) is 17.6. The highest BCUT2D eigenvalue weighted by Crippen LogP contribution is 2.18. The summed E-state index contributed by atoms with van der Waals surface area (Å²) in [5, 5.41) is 6.70. The average Bonchev–Trinajstić information content (AvgIpc) is 3.06. The second-order valence-electron chi connectivity index (χ2n) is 5.64. The summed E-state index contributed by atoms with van der Waals surface area (Å²) in [5.41, 5.74) is 2.66. The number of hydrogen-bond acceptors (Lipinski definition) is 5. The Hall–Kier alpha value is -2.60. The summed E-state index contributed by atoms with van der Waals surface area (Å²) in [5.74, 6) is 1.79. The zero-order valence-electron chi connectivity index (χ0n) is 14.2. The van der Waals surface area contributed by atoms with Crippen molar-refractivity contribution in [3.8, 4) is 11.5 Å². The molecule has 1 N–H and O–H groups in total. The highest BCUT2D eigenvalue weighted by atomic mass is 32.2. The second kappa shape index (κ2) is 7.98. The summed E-state index contributed by atoms with van der Waals surface area (Å²) in [6.45, 7) is 4.45. The molecule has 0 bridgehead atoms. The molecular weight excluding hydrogens is 334 g/mol. The maximum absolute atomic E-state index is 12.2. The summed E-state index contributed by atoms with van der Waals surface area (Å²) in [7, 11) is 0. The Kier molecular flexibility index (Phi) is 5.50. The van der Waals surface area contributed by atoms with Crippen LogP contribution in [0.1, 0.15) is 21.7 Å². The molecule has 25 heavy (non-hydrogen) atoms. The van der Waals surface area contributed by atoms with Crippen molar-refractivity contribution >= 4 is 17.7 Å². The van der Waals surface area contributed by atoms with E-state index in [4.69, 9.17) is 4.52 Å². The lowest BCUT2D eigenvalue weighted by molar-refractivity contribution is 0.0956. The maximum atomic E-state index is 12.2. The Morgan fingerprint density at radius 2 is 1.80 bits per heavy atom. The Labute approximate surface area is 150 Å². The summed E-state index contributed by atoms with van der Waals surface area (Å²) < 4.78 is 5.12. The fourth-order valence-electron chi connectivity index (χ4n) is 2.25. The molecule has 1 heterocycles. The van der Waals surface area contributed by atoms with Gasteiger partial charge < -0.3 is 9.84 Å². The fraction of sp³-hybridized carbons (Fsp3) is 0.211. The number of nitrogens with zero attached hydrogens (tertiary/aromatic N) is 2. The van der Waals surface area contributed by atoms with Crippen molar-refractivity contribution in [3.05, 3.63) is 65.5 Å². The van der Waals surface area contributed by atoms with Crippen molar-refractivity contribution in [2.75, 3.05) is 12.3 Å². The molecule has 0 radical (unpaired) electrons. The van der Waals surface area contributed by atoms with E-state index < -0.39 is 0 Å². The topological polar surface area (TPSA) is 68.0 Å². The fourth-order valence-corrected chi connectivity index (χ4v) is 3.02. The normalized spacial score (nSPS) is 10.6. The van der Waals surface area contributed by atoms with Crippen molar-refractivity contribution in [3.63, 3.8) is 0 Å². The zero-order valence-corrected chi connectivity index (χ0v) is 15.0. The molecule has 2 aromatic carbocycles. The first-order valence-electron chi connectivity index (χ1n) is 8.00. The highest BCUT2D eigenvalue weighted by molar-refractivity contribution is 7.99. The predicted molar refractivity (Wildman–Crippen MR) is 98.7 cm³/mol. The van der Waals surface area contributed by atoms with Gasteiger partial charge in [0.2, 0.25) is 0 Å². The SMILES string of the molecule is Cc1ccc(SCCNC(=O)c2ccc(-c3nc(C)no3)cc2)cc1. The molecule has 5 nitrogen and oxygen atoms in total. The van der Waals surface area contributed by atoms with Gasteiger partial charge in [-0.05, 0) is 50.2 Å². The average molecular weight is 353 g/mol. The first-order chi connectivity index (χ1) is 12.1. The number of carbonyl (C=O) groups is 1. The number of rotatable bonds is 6. The van der Waals surface area contributed by atoms with E-state index in [-0.39, 0.29) is 5.91 Å². The van der Waals surface area contributed by atoms with E-state index in [2.05, 4.69) is 46.6 Å². The molecule has 0 aliphatic carbocycles. The van der Waals surface area contributed by atoms with Crippen LogP contribution in [0.4, 0.5) is 0 Å². The van der Waals surface area contributed by atoms with Crippen molar-refractivity contribution in [1.82, 2.24) is 15.5 Å². The van der Waals surface area contributed by atoms with Gasteiger partial charge in [-0.1, -0.05) is 22.9 Å². The molecule has 3 aromatic rings. The number of hydrogen-bond donors (Lipinski definition) is 1. The number of aromatic nitrogens is 2. The lowest BCUT2D eigenvalue weighted by Crippen LogP contribution is -2.25. The van der Waals surface area contributed by atoms with Gasteiger partial charge in [0.25, 0.3) is 11.8 Å². The Balaban J connectivity index is 1.48. The summed E-state index contributed by atoms with van der Waals surface area (Å²) >= 11 is 1.73. The number of thioether (sulfide) groups is 1. The largest absolute Gasteiger partial charge is 0.351 e. The first kappa shape index (κ1) is 17.2. The van der Waals surface area contributed by atoms with E-state index >= 15 is 0 Å². The Morgan fingerprint density at radius 1 is 1.08 bits per heavy atom. The number of amides is 1. The van der Waals surface area contributed by atoms with Crippen molar-refractivity contribution in [2.24, 2.45) is 0 Å². The minimum absolute atomic E-state index is 0.0854. The minimum Gasteiger partial charge on any atom is -0.351 e. The van der Waals surface area contributed by atoms with E-state index in [1.54, 1.807) is 30.8 Å². The standard InChI is InChI=1S/C19H19N3O2S/c1-13-3-9-17(10-4-13)25-12-11-20-18(23)15-5-7-16(8-6-15)19-21-14(2)22-24-19/h3-10H,11-12H2,1-2H3,(H,20,23). The molecule has 0 aliphatic heterocycles. The van der Waals surface area contributed by atoms with Crippen LogP contribution in [0.2, 0.25) is 0 Å². The van der Waals surface area contributed by atoms with E-state index in [0.29, 0.717) is 23.8 Å². The predicted octanol–water partition coefficient (Wildman–Crippen LogP) is 3.88. The molecular formula is C19H19N3O2S. The smallest absolute Gasteiger partial charge is 0.257 e. The van der Waals surface area contributed by atoms with Gasteiger partial charge in [-0.15, -0.1) is 11.8 Å². The molecule has 128 valence electrons. The Morgan fingerprint density at radius 3 is 2.44 bits per heavy atom. The van der Waals surface area contributed by atoms with Crippen LogP contribution in [0, 0.1) is 13.8 Å². The maximum Gasteiger partial charge on any atom is 0.257 e. The van der Waals surface area contributed by atoms with Crippen LogP contribution in [0.5, 0.6) is 0 Å². The number of nitrogens with one attached hydrogen (secondary N) is 1. The van der Waals surface area contributed by atoms with Crippen LogP contribution < -0.4 is 5.32 Å². The molecule has 0 fully saturated rings. The summed E-state index contributed by atoms with van der Waals surface area (Å²) in [6, 6.07) is 15.5. The highest BCUT2D eigenvalue weighted by Gasteiger charge is 2.09. The number of aryl methyl sites for hydroxylation is 2. The van der Waals surface area contributed by atoms with E-state index in [0.717, 1.165) is 11.3 Å². The van der Waals surface area contributed by atoms with Gasteiger partial charge in [-0.25, -0.2) is 0 Å². The van der Waals surface area contributed by atoms with Crippen LogP contribution in [-0.2, 0) is 0 Å². The molecule has 0 aliphatic rings. The van der Waals surface area contributed by atoms with Crippen LogP contribution in [0.15, 0.2) is 57.9 Å². The lowest BCUT2D eigenvalue weighted by atomic mass is 10.1. The van der Waals surface area contributed by atoms with E-state index in [1.807, 2.05) is 12.1 Å². The van der Waals surface area contributed by atoms with Crippen LogP contribution in [0.3, 0.4) is 0 Å². The lowest BCUT2D eigenvalue weighted by Gasteiger charge is -2.06. The molecule has 1 amide bonds. The van der Waals surface area contributed by atoms with Gasteiger partial charge >= 0.3 is 0 Å². The molecule has 0 unspecified atom stereocenters. The molecule has 0 atom stereocenters. The molecule has 0 saturated heterocycles. The van der Waals surface area contributed by atoms with E-state index in [1.165, 1.54) is 10.5 Å². The van der Waals surface area contributed by atoms with Crippen molar-refractivity contribution < 1.29 is 9.32 Å². The molecule has 3 rings (SSSR count). The molecule has 0 saturated carbocycles. The molecule has 6 heteroatoms. The van der Waals surface area contributed by atoms with Crippen molar-refractivity contribution in [1.29, 1.82) is 0 Å². The molecule has 0 spiro atoms. The quantitative estimate of drug-likeness (QED) is 0.538. The minimum atomic E-state index is -0.0854. The van der Waals surface area contributed by atoms with Crippen LogP contribution >= 0.6 is 11.8 Å². The Bertz CT molecular complexity index is 842. The van der Waals surface area contributed by atoms with Crippen LogP contribution in [-0.4, -0.2) is 28.3 Å². The third kappa shape index (κ3) is 4.70. The third-order valence-electron chi connectivity index (χ3n) is 3.60. The monoisotopic (exact) mass is 353 g/mol. The summed E-state index contributed by atoms with van der Waals surface area (Å²) in [4.78, 5) is 17.6. The van der Waals surface area contributed by atoms with Gasteiger partial charge in [-0.2, -0.15) is 4.98 Å². The van der Waals surface area contributed by atoms with Gasteiger partial charge in [0.15, 0.2) is 5.82 Å². The first-order valence-corrected chi connectivity index (χ1v) is 8.99. The van der Waals surface area contributed by atoms with E-state index in [9.17, 15) is 4.79 Å². The third-order valence-corrected chi connectivity index (χ3v) is 4.61. The second-order valence-corrected chi connectivity index (χ2v) is 6.81. The van der Waals surface area contributed by atoms with Crippen LogP contribution in [0.25, 0.3) is 11.5 Å². The summed E-state index contributed by atoms with van der Waals surface area (Å²) in [6.07, 6.45) is 0. The van der Waals surface area contributed by atoms with Gasteiger partial charge in [0.05, 0.1) is 0 Å². The number of benzene rings is 2. The molecule has 1 aromatic heterocycles. The van der Waals surface area contributed by atoms with Crippen molar-refractivity contribution in [2.45, 2.75) is 18.7 Å². The van der Waals surface area contributed by atoms with Gasteiger partial charge in [-0.3, -0.25) is 4.79 Å². The van der Waals surface area contributed by atoms with Gasteiger partial charge in [0, 0.05) is 28.3 Å². The number of carbonyl (C=O) groups excluding carboxylic acids is 1. The van der Waals surface area contributed by atoms with Gasteiger partial charge in [0.1, 0.15) is 0 Å².